The highest BCUT2D eigenvalue weighted by Gasteiger charge is 2.22. The van der Waals surface area contributed by atoms with Gasteiger partial charge in [-0.2, -0.15) is 0 Å². The van der Waals surface area contributed by atoms with Crippen LogP contribution in [0.1, 0.15) is 6.42 Å². The van der Waals surface area contributed by atoms with Crippen LogP contribution in [0.25, 0.3) is 0 Å². The van der Waals surface area contributed by atoms with Crippen molar-refractivity contribution in [1.29, 1.82) is 0 Å². The highest BCUT2D eigenvalue weighted by molar-refractivity contribution is 7.89. The zero-order chi connectivity index (χ0) is 13.2. The molecule has 100 valence electrons. The molecule has 1 aromatic carbocycles. The molecule has 0 spiro atoms. The van der Waals surface area contributed by atoms with Crippen LogP contribution in [-0.4, -0.2) is 28.2 Å². The first-order chi connectivity index (χ1) is 8.49. The van der Waals surface area contributed by atoms with E-state index in [-0.39, 0.29) is 15.8 Å². The topological polar surface area (TPSA) is 81.4 Å². The Hall–Kier alpha value is -0.820. The van der Waals surface area contributed by atoms with Gasteiger partial charge in [0.25, 0.3) is 0 Å². The van der Waals surface area contributed by atoms with Crippen molar-refractivity contribution in [3.05, 3.63) is 23.2 Å². The van der Waals surface area contributed by atoms with E-state index in [0.29, 0.717) is 25.4 Å². The van der Waals surface area contributed by atoms with E-state index in [1.807, 2.05) is 0 Å². The molecule has 0 aromatic heterocycles. The van der Waals surface area contributed by atoms with Crippen molar-refractivity contribution in [2.24, 2.45) is 5.92 Å². The molecule has 1 unspecified atom stereocenters. The van der Waals surface area contributed by atoms with Gasteiger partial charge in [-0.05, 0) is 30.5 Å². The lowest BCUT2D eigenvalue weighted by Crippen LogP contribution is -2.29. The minimum absolute atomic E-state index is 0.0167. The van der Waals surface area contributed by atoms with Crippen LogP contribution in [0, 0.1) is 5.92 Å². The van der Waals surface area contributed by atoms with Gasteiger partial charge in [0.2, 0.25) is 10.0 Å². The van der Waals surface area contributed by atoms with Crippen molar-refractivity contribution in [2.75, 3.05) is 25.5 Å². The normalized spacial score (nSPS) is 20.2. The number of nitrogens with two attached hydrogens (primary N) is 1. The zero-order valence-electron chi connectivity index (χ0n) is 9.73. The third-order valence-electron chi connectivity index (χ3n) is 2.83. The van der Waals surface area contributed by atoms with Gasteiger partial charge in [-0.3, -0.25) is 0 Å². The molecule has 1 atom stereocenters. The van der Waals surface area contributed by atoms with Crippen LogP contribution < -0.4 is 10.5 Å². The van der Waals surface area contributed by atoms with Gasteiger partial charge < -0.3 is 10.5 Å². The van der Waals surface area contributed by atoms with Crippen molar-refractivity contribution in [3.63, 3.8) is 0 Å². The molecule has 0 aliphatic carbocycles. The standard InChI is InChI=1S/C11H15ClN2O3S/c12-10-2-1-9(13)5-11(10)18(15,16)14-6-8-3-4-17-7-8/h1-2,5,8,14H,3-4,6-7,13H2. The molecule has 1 heterocycles. The molecule has 0 radical (unpaired) electrons. The lowest BCUT2D eigenvalue weighted by molar-refractivity contribution is 0.186. The number of halogens is 1. The molecular formula is C11H15ClN2O3S. The maximum absolute atomic E-state index is 12.1. The Kier molecular flexibility index (Phi) is 4.11. The summed E-state index contributed by atoms with van der Waals surface area (Å²) in [7, 11) is -3.62. The van der Waals surface area contributed by atoms with Crippen molar-refractivity contribution in [1.82, 2.24) is 4.72 Å². The maximum Gasteiger partial charge on any atom is 0.242 e. The van der Waals surface area contributed by atoms with Crippen molar-refractivity contribution < 1.29 is 13.2 Å². The van der Waals surface area contributed by atoms with Gasteiger partial charge in [0.1, 0.15) is 4.90 Å². The Morgan fingerprint density at radius 2 is 2.28 bits per heavy atom. The van der Waals surface area contributed by atoms with E-state index in [2.05, 4.69) is 4.72 Å². The molecule has 1 fully saturated rings. The van der Waals surface area contributed by atoms with Crippen LogP contribution in [0.15, 0.2) is 23.1 Å². The van der Waals surface area contributed by atoms with Crippen molar-refractivity contribution in [2.45, 2.75) is 11.3 Å². The predicted molar refractivity (Wildman–Crippen MR) is 70.0 cm³/mol. The quantitative estimate of drug-likeness (QED) is 0.818. The first-order valence-corrected chi connectivity index (χ1v) is 7.47. The van der Waals surface area contributed by atoms with Crippen molar-refractivity contribution in [3.8, 4) is 0 Å². The van der Waals surface area contributed by atoms with Crippen LogP contribution in [-0.2, 0) is 14.8 Å². The summed E-state index contributed by atoms with van der Waals surface area (Å²) < 4.78 is 31.9. The SMILES string of the molecule is Nc1ccc(Cl)c(S(=O)(=O)NCC2CCOC2)c1. The second-order valence-electron chi connectivity index (χ2n) is 4.27. The Balaban J connectivity index is 2.12. The lowest BCUT2D eigenvalue weighted by atomic mass is 10.1. The lowest BCUT2D eigenvalue weighted by Gasteiger charge is -2.11. The van der Waals surface area contributed by atoms with Crippen molar-refractivity contribution >= 4 is 27.3 Å². The number of sulfonamides is 1. The summed E-state index contributed by atoms with van der Waals surface area (Å²) >= 11 is 5.88. The van der Waals surface area contributed by atoms with Crippen LogP contribution in [0.3, 0.4) is 0 Å². The zero-order valence-corrected chi connectivity index (χ0v) is 11.3. The smallest absolute Gasteiger partial charge is 0.242 e. The minimum Gasteiger partial charge on any atom is -0.399 e. The fraction of sp³-hybridized carbons (Fsp3) is 0.455. The van der Waals surface area contributed by atoms with Gasteiger partial charge in [-0.15, -0.1) is 0 Å². The number of hydrogen-bond donors (Lipinski definition) is 2. The molecule has 2 rings (SSSR count). The second-order valence-corrected chi connectivity index (χ2v) is 6.41. The molecule has 7 heteroatoms. The summed E-state index contributed by atoms with van der Waals surface area (Å²) in [5.41, 5.74) is 5.94. The fourth-order valence-electron chi connectivity index (χ4n) is 1.78. The third kappa shape index (κ3) is 3.14. The Bertz CT molecular complexity index is 527. The summed E-state index contributed by atoms with van der Waals surface area (Å²) in [6, 6.07) is 4.39. The van der Waals surface area contributed by atoms with E-state index in [0.717, 1.165) is 6.42 Å². The van der Waals surface area contributed by atoms with E-state index in [1.54, 1.807) is 6.07 Å². The predicted octanol–water partition coefficient (Wildman–Crippen LogP) is 1.24. The van der Waals surface area contributed by atoms with Crippen LogP contribution in [0.4, 0.5) is 5.69 Å². The average molecular weight is 291 g/mol. The second kappa shape index (κ2) is 5.44. The van der Waals surface area contributed by atoms with Gasteiger partial charge in [0, 0.05) is 18.8 Å². The first kappa shape index (κ1) is 13.6. The summed E-state index contributed by atoms with van der Waals surface area (Å²) in [5, 5.41) is 0.166. The van der Waals surface area contributed by atoms with E-state index >= 15 is 0 Å². The highest BCUT2D eigenvalue weighted by atomic mass is 35.5. The number of ether oxygens (including phenoxy) is 1. The van der Waals surface area contributed by atoms with Gasteiger partial charge >= 0.3 is 0 Å². The number of hydrogen-bond acceptors (Lipinski definition) is 4. The Labute approximate surface area is 111 Å². The van der Waals surface area contributed by atoms with E-state index in [4.69, 9.17) is 22.1 Å². The monoisotopic (exact) mass is 290 g/mol. The molecule has 1 aromatic rings. The number of anilines is 1. The molecule has 5 nitrogen and oxygen atoms in total. The average Bonchev–Trinajstić information content (AvgIpc) is 2.83. The van der Waals surface area contributed by atoms with Crippen LogP contribution in [0.5, 0.6) is 0 Å². The Morgan fingerprint density at radius 3 is 2.94 bits per heavy atom. The molecule has 1 saturated heterocycles. The third-order valence-corrected chi connectivity index (χ3v) is 4.74. The van der Waals surface area contributed by atoms with E-state index in [9.17, 15) is 8.42 Å². The van der Waals surface area contributed by atoms with Gasteiger partial charge in [-0.1, -0.05) is 11.6 Å². The number of nitrogens with one attached hydrogen (secondary N) is 1. The van der Waals surface area contributed by atoms with Gasteiger partial charge in [-0.25, -0.2) is 13.1 Å². The minimum atomic E-state index is -3.62. The maximum atomic E-state index is 12.1. The van der Waals surface area contributed by atoms with Gasteiger partial charge in [0.05, 0.1) is 11.6 Å². The summed E-state index contributed by atoms with van der Waals surface area (Å²) in [6.07, 6.45) is 0.868. The largest absolute Gasteiger partial charge is 0.399 e. The Morgan fingerprint density at radius 1 is 1.50 bits per heavy atom. The number of benzene rings is 1. The summed E-state index contributed by atoms with van der Waals surface area (Å²) in [6.45, 7) is 1.63. The molecule has 0 bridgehead atoms. The number of rotatable bonds is 4. The molecular weight excluding hydrogens is 276 g/mol. The van der Waals surface area contributed by atoms with Crippen LogP contribution >= 0.6 is 11.6 Å². The molecule has 0 amide bonds. The molecule has 1 aliphatic heterocycles. The van der Waals surface area contributed by atoms with Crippen LogP contribution in [0.2, 0.25) is 5.02 Å². The highest BCUT2D eigenvalue weighted by Crippen LogP contribution is 2.23. The molecule has 3 N–H and O–H groups in total. The van der Waals surface area contributed by atoms with E-state index in [1.165, 1.54) is 12.1 Å². The van der Waals surface area contributed by atoms with E-state index < -0.39 is 10.0 Å². The summed E-state index contributed by atoms with van der Waals surface area (Å²) in [4.78, 5) is 0.0167. The molecule has 0 saturated carbocycles. The fourth-order valence-corrected chi connectivity index (χ4v) is 3.42. The molecule has 18 heavy (non-hydrogen) atoms. The molecule has 1 aliphatic rings. The summed E-state index contributed by atoms with van der Waals surface area (Å²) in [5.74, 6) is 0.222. The number of nitrogen functional groups attached to an aromatic ring is 1. The first-order valence-electron chi connectivity index (χ1n) is 5.61. The van der Waals surface area contributed by atoms with Gasteiger partial charge in [0.15, 0.2) is 0 Å².